The van der Waals surface area contributed by atoms with Crippen LogP contribution in [0.1, 0.15) is 0 Å². The van der Waals surface area contributed by atoms with Gasteiger partial charge in [-0.05, 0) is 64.7 Å². The predicted molar refractivity (Wildman–Crippen MR) is 108 cm³/mol. The highest BCUT2D eigenvalue weighted by molar-refractivity contribution is 7.63. The Bertz CT molecular complexity index is 1400. The highest BCUT2D eigenvalue weighted by atomic mass is 35.5. The van der Waals surface area contributed by atoms with Crippen LogP contribution < -0.4 is 0 Å². The van der Waals surface area contributed by atoms with E-state index in [-0.39, 0.29) is 15.4 Å². The molecule has 2 N–H and O–H groups in total. The molecule has 0 fully saturated rings. The Morgan fingerprint density at radius 1 is 0.893 bits per heavy atom. The number of fused-ring (bicyclic) bond motifs is 1. The number of H-pyrrole nitrogens is 1. The van der Waals surface area contributed by atoms with Crippen LogP contribution in [0.15, 0.2) is 66.7 Å². The van der Waals surface area contributed by atoms with Gasteiger partial charge in [0.05, 0.1) is 10.5 Å². The fraction of sp³-hybridized carbons (Fsp3) is 0. The summed E-state index contributed by atoms with van der Waals surface area (Å²) in [7, 11) is -2.44. The van der Waals surface area contributed by atoms with E-state index in [9.17, 15) is 17.9 Å². The number of aromatic amines is 1. The summed E-state index contributed by atoms with van der Waals surface area (Å²) in [6.07, 6.45) is 0. The predicted octanol–water partition coefficient (Wildman–Crippen LogP) is 5.41. The van der Waals surface area contributed by atoms with Crippen LogP contribution in [0.3, 0.4) is 0 Å². The summed E-state index contributed by atoms with van der Waals surface area (Å²) in [5.41, 5.74) is 3.61. The van der Waals surface area contributed by atoms with Crippen molar-refractivity contribution in [3.8, 4) is 28.0 Å². The zero-order valence-corrected chi connectivity index (χ0v) is 15.9. The summed E-state index contributed by atoms with van der Waals surface area (Å²) in [6.45, 7) is 0. The average molecular weight is 414 g/mol. The monoisotopic (exact) mass is 413 g/mol. The van der Waals surface area contributed by atoms with Crippen molar-refractivity contribution in [1.29, 1.82) is 0 Å². The number of nitrogens with one attached hydrogen (secondary N) is 1. The largest absolute Gasteiger partial charge is 0.506 e. The molecule has 0 unspecified atom stereocenters. The number of benzene rings is 3. The minimum atomic E-state index is -2.44. The first-order chi connectivity index (χ1) is 13.4. The van der Waals surface area contributed by atoms with Gasteiger partial charge in [0.15, 0.2) is 4.64 Å². The molecule has 0 saturated carbocycles. The molecule has 0 spiro atoms. The summed E-state index contributed by atoms with van der Waals surface area (Å²) < 4.78 is 35.9. The second-order valence-electron chi connectivity index (χ2n) is 6.19. The van der Waals surface area contributed by atoms with Gasteiger partial charge in [0, 0.05) is 5.39 Å². The molecule has 0 amide bonds. The van der Waals surface area contributed by atoms with Crippen LogP contribution in [0.25, 0.3) is 33.2 Å². The van der Waals surface area contributed by atoms with Gasteiger partial charge in [-0.25, -0.2) is 4.39 Å². The zero-order chi connectivity index (χ0) is 19.8. The van der Waals surface area contributed by atoms with Crippen molar-refractivity contribution >= 4 is 32.8 Å². The lowest BCUT2D eigenvalue weighted by atomic mass is 9.96. The summed E-state index contributed by atoms with van der Waals surface area (Å²) in [4.78, 5) is 2.74. The lowest BCUT2D eigenvalue weighted by Gasteiger charge is -2.10. The van der Waals surface area contributed by atoms with Crippen molar-refractivity contribution in [3.05, 3.63) is 82.2 Å². The zero-order valence-electron chi connectivity index (χ0n) is 14.3. The smallest absolute Gasteiger partial charge is 0.238 e. The van der Waals surface area contributed by atoms with Crippen LogP contribution >= 0.6 is 11.6 Å². The number of aromatic nitrogens is 1. The molecule has 1 heterocycles. The third-order valence-corrected chi connectivity index (χ3v) is 5.37. The Hall–Kier alpha value is -3.09. The van der Waals surface area contributed by atoms with Gasteiger partial charge < -0.3 is 10.1 Å². The summed E-state index contributed by atoms with van der Waals surface area (Å²) in [5, 5.41) is 10.9. The number of hydrogen-bond donors (Lipinski definition) is 2. The van der Waals surface area contributed by atoms with Crippen molar-refractivity contribution < 1.29 is 17.9 Å². The van der Waals surface area contributed by atoms with Gasteiger partial charge in [-0.15, -0.1) is 0 Å². The maximum Gasteiger partial charge on any atom is 0.238 e. The van der Waals surface area contributed by atoms with Crippen LogP contribution in [0.2, 0.25) is 5.02 Å². The van der Waals surface area contributed by atoms with Gasteiger partial charge >= 0.3 is 0 Å². The molecule has 4 rings (SSSR count). The maximum absolute atomic E-state index is 13.5. The molecule has 0 aliphatic rings. The van der Waals surface area contributed by atoms with E-state index in [0.717, 1.165) is 22.3 Å². The topological polar surface area (TPSA) is 70.2 Å². The van der Waals surface area contributed by atoms with E-state index in [1.807, 2.05) is 24.3 Å². The Morgan fingerprint density at radius 2 is 1.64 bits per heavy atom. The van der Waals surface area contributed by atoms with Gasteiger partial charge in [0.2, 0.25) is 10.3 Å². The molecule has 7 heteroatoms. The minimum Gasteiger partial charge on any atom is -0.506 e. The van der Waals surface area contributed by atoms with Crippen molar-refractivity contribution in [2.45, 2.75) is 0 Å². The van der Waals surface area contributed by atoms with Crippen molar-refractivity contribution in [1.82, 2.24) is 4.98 Å². The number of halogens is 2. The van der Waals surface area contributed by atoms with Crippen molar-refractivity contribution in [2.75, 3.05) is 0 Å². The minimum absolute atomic E-state index is 0.0188. The highest BCUT2D eigenvalue weighted by Crippen LogP contribution is 2.35. The molecule has 28 heavy (non-hydrogen) atoms. The second-order valence-corrected chi connectivity index (χ2v) is 7.50. The molecule has 4 aromatic rings. The molecule has 4 nitrogen and oxygen atoms in total. The van der Waals surface area contributed by atoms with Gasteiger partial charge in [-0.3, -0.25) is 0 Å². The fourth-order valence-corrected chi connectivity index (χ4v) is 3.67. The van der Waals surface area contributed by atoms with E-state index >= 15 is 0 Å². The molecular weight excluding hydrogens is 401 g/mol. The molecule has 3 aromatic carbocycles. The average Bonchev–Trinajstić information content (AvgIpc) is 2.70. The third kappa shape index (κ3) is 3.28. The van der Waals surface area contributed by atoms with Crippen molar-refractivity contribution in [3.63, 3.8) is 0 Å². The van der Waals surface area contributed by atoms with E-state index in [4.69, 9.17) is 11.6 Å². The van der Waals surface area contributed by atoms with Crippen LogP contribution in [0.4, 0.5) is 4.39 Å². The first-order valence-electron chi connectivity index (χ1n) is 8.27. The standard InChI is InChI=1S/C21H13ClFNO3S/c22-17-11-13(4-7-18(17)23)12-2-1-3-14(10-12)15-5-8-19(25)21-16(15)6-9-20(24-21)28(26)27/h1-11,24-25H. The molecule has 0 saturated heterocycles. The summed E-state index contributed by atoms with van der Waals surface area (Å²) in [6, 6.07) is 18.5. The number of pyridine rings is 1. The Morgan fingerprint density at radius 3 is 2.39 bits per heavy atom. The maximum atomic E-state index is 13.5. The van der Waals surface area contributed by atoms with Gasteiger partial charge in [-0.2, -0.15) is 8.42 Å². The van der Waals surface area contributed by atoms with E-state index < -0.39 is 16.1 Å². The number of phenolic OH excluding ortho intramolecular Hbond substituents is 1. The first kappa shape index (κ1) is 18.3. The first-order valence-corrected chi connectivity index (χ1v) is 9.72. The number of rotatable bonds is 2. The normalized spacial score (nSPS) is 10.9. The van der Waals surface area contributed by atoms with Gasteiger partial charge in [0.1, 0.15) is 11.6 Å². The van der Waals surface area contributed by atoms with E-state index in [1.165, 1.54) is 18.2 Å². The lowest BCUT2D eigenvalue weighted by Crippen LogP contribution is -1.88. The quantitative estimate of drug-likeness (QED) is 0.431. The van der Waals surface area contributed by atoms with Crippen LogP contribution in [-0.4, -0.2) is 18.5 Å². The molecule has 0 bridgehead atoms. The molecular formula is C21H13ClFNO3S. The lowest BCUT2D eigenvalue weighted by molar-refractivity contribution is 0.480. The van der Waals surface area contributed by atoms with Gasteiger partial charge in [-0.1, -0.05) is 35.9 Å². The molecule has 0 aliphatic heterocycles. The fourth-order valence-electron chi connectivity index (χ4n) is 3.13. The SMILES string of the molecule is O=S(=O)=c1ccc2c(-c3cccc(-c4ccc(F)c(Cl)c4)c3)ccc(O)c2[nH]1. The van der Waals surface area contributed by atoms with E-state index in [1.54, 1.807) is 24.3 Å². The van der Waals surface area contributed by atoms with Gasteiger partial charge in [0.25, 0.3) is 0 Å². The van der Waals surface area contributed by atoms with E-state index in [2.05, 4.69) is 4.98 Å². The molecule has 1 aromatic heterocycles. The van der Waals surface area contributed by atoms with Crippen molar-refractivity contribution in [2.24, 2.45) is 0 Å². The molecule has 0 aliphatic carbocycles. The van der Waals surface area contributed by atoms with E-state index in [0.29, 0.717) is 10.9 Å². The Kier molecular flexibility index (Phi) is 4.66. The molecule has 0 atom stereocenters. The third-order valence-electron chi connectivity index (χ3n) is 4.48. The Balaban J connectivity index is 1.93. The van der Waals surface area contributed by atoms with Crippen LogP contribution in [-0.2, 0) is 10.3 Å². The number of phenols is 1. The number of hydrogen-bond acceptors (Lipinski definition) is 3. The molecule has 140 valence electrons. The number of aromatic hydroxyl groups is 1. The summed E-state index contributed by atoms with van der Waals surface area (Å²) in [5.74, 6) is -0.527. The van der Waals surface area contributed by atoms with Crippen LogP contribution in [0, 0.1) is 10.5 Å². The Labute approximate surface area is 166 Å². The second kappa shape index (κ2) is 7.14. The summed E-state index contributed by atoms with van der Waals surface area (Å²) >= 11 is 5.90. The highest BCUT2D eigenvalue weighted by Gasteiger charge is 2.10. The van der Waals surface area contributed by atoms with Crippen LogP contribution in [0.5, 0.6) is 5.75 Å². The molecule has 0 radical (unpaired) electrons.